The normalized spacial score (nSPS) is 23.3. The van der Waals surface area contributed by atoms with Gasteiger partial charge in [-0.2, -0.15) is 5.26 Å². The van der Waals surface area contributed by atoms with E-state index in [9.17, 15) is 30.5 Å². The van der Waals surface area contributed by atoms with E-state index in [0.29, 0.717) is 22.4 Å². The van der Waals surface area contributed by atoms with Crippen molar-refractivity contribution in [1.82, 2.24) is 4.57 Å². The quantitative estimate of drug-likeness (QED) is 0.283. The Morgan fingerprint density at radius 1 is 1.05 bits per heavy atom. The summed E-state index contributed by atoms with van der Waals surface area (Å²) < 4.78 is 12.3. The number of hydrogen-bond acceptors (Lipinski definition) is 9. The Morgan fingerprint density at radius 2 is 1.70 bits per heavy atom. The molecule has 2 aromatic carbocycles. The minimum absolute atomic E-state index is 0.0120. The zero-order chi connectivity index (χ0) is 26.9. The molecular formula is C27H26N2O7S. The first-order chi connectivity index (χ1) is 17.7. The Labute approximate surface area is 218 Å². The second-order valence-electron chi connectivity index (χ2n) is 8.63. The molecule has 4 N–H and O–H groups in total. The Kier molecular flexibility index (Phi) is 7.85. The summed E-state index contributed by atoms with van der Waals surface area (Å²) in [5.41, 5.74) is 1.79. The Balaban J connectivity index is 2.14. The van der Waals surface area contributed by atoms with Gasteiger partial charge in [-0.25, -0.2) is 0 Å². The van der Waals surface area contributed by atoms with Crippen LogP contribution in [0.1, 0.15) is 29.1 Å². The molecule has 1 aliphatic heterocycles. The van der Waals surface area contributed by atoms with Gasteiger partial charge in [-0.3, -0.25) is 4.79 Å². The third-order valence-electron chi connectivity index (χ3n) is 6.42. The molecule has 4 rings (SSSR count). The number of nitrogens with zero attached hydrogens (tertiary/aromatic N) is 2. The number of methoxy groups -OCH3 is 1. The number of carbonyl (C=O) groups excluding carboxylic acids is 1. The minimum atomic E-state index is -1.69. The molecule has 0 bridgehead atoms. The number of carbonyl (C=O) groups is 1. The smallest absolute Gasteiger partial charge is 0.164 e. The molecule has 192 valence electrons. The first-order valence-corrected chi connectivity index (χ1v) is 11.9. The minimum Gasteiger partial charge on any atom is -0.497 e. The van der Waals surface area contributed by atoms with Crippen LogP contribution in [0.3, 0.4) is 0 Å². The van der Waals surface area contributed by atoms with Crippen LogP contribution in [-0.2, 0) is 4.74 Å². The summed E-state index contributed by atoms with van der Waals surface area (Å²) in [5.74, 6) is 0.204. The van der Waals surface area contributed by atoms with Crippen LogP contribution in [0.4, 0.5) is 0 Å². The number of ketones is 1. The molecule has 2 heterocycles. The number of ether oxygens (including phenoxy) is 2. The molecule has 1 aromatic heterocycles. The molecule has 9 nitrogen and oxygen atoms in total. The van der Waals surface area contributed by atoms with Gasteiger partial charge in [0.2, 0.25) is 0 Å². The van der Waals surface area contributed by atoms with Crippen molar-refractivity contribution >= 4 is 18.0 Å². The second kappa shape index (κ2) is 10.9. The average molecular weight is 523 g/mol. The van der Waals surface area contributed by atoms with Gasteiger partial charge in [-0.15, -0.1) is 0 Å². The number of Topliss-reactive ketones (excluding diaryl/α,β-unsaturated/α-hetero) is 1. The van der Waals surface area contributed by atoms with E-state index < -0.39 is 37.3 Å². The fourth-order valence-corrected chi connectivity index (χ4v) is 4.95. The van der Waals surface area contributed by atoms with Gasteiger partial charge in [0.05, 0.1) is 30.5 Å². The zero-order valence-electron chi connectivity index (χ0n) is 20.1. The first-order valence-electron chi connectivity index (χ1n) is 11.5. The van der Waals surface area contributed by atoms with Crippen molar-refractivity contribution in [3.05, 3.63) is 70.4 Å². The lowest BCUT2D eigenvalue weighted by atomic mass is 9.89. The number of aliphatic hydroxyl groups is 4. The SMILES string of the molecule is COc1ccc(-c2c(C(C)=O)c(-c3ccccc3)n([C@H]3O[C@@H](CO)[C@@H](O)[C@@H](O)[C@H]3O)c(=S)c2C#N)cc1. The van der Waals surface area contributed by atoms with E-state index in [1.54, 1.807) is 54.6 Å². The van der Waals surface area contributed by atoms with Crippen molar-refractivity contribution in [2.24, 2.45) is 0 Å². The van der Waals surface area contributed by atoms with Gasteiger partial charge >= 0.3 is 0 Å². The predicted octanol–water partition coefficient (Wildman–Crippen LogP) is 2.61. The largest absolute Gasteiger partial charge is 0.497 e. The molecule has 1 saturated heterocycles. The van der Waals surface area contributed by atoms with E-state index in [4.69, 9.17) is 21.7 Å². The van der Waals surface area contributed by atoms with E-state index in [2.05, 4.69) is 6.07 Å². The Morgan fingerprint density at radius 3 is 2.24 bits per heavy atom. The molecule has 1 fully saturated rings. The number of nitriles is 1. The number of aromatic nitrogens is 1. The maximum atomic E-state index is 13.3. The maximum absolute atomic E-state index is 13.3. The molecule has 1 aliphatic rings. The Bertz CT molecular complexity index is 1400. The van der Waals surface area contributed by atoms with Crippen LogP contribution < -0.4 is 4.74 Å². The van der Waals surface area contributed by atoms with Crippen LogP contribution in [0, 0.1) is 16.0 Å². The molecule has 0 spiro atoms. The van der Waals surface area contributed by atoms with Gasteiger partial charge in [0.15, 0.2) is 12.0 Å². The molecule has 3 aromatic rings. The highest BCUT2D eigenvalue weighted by Crippen LogP contribution is 2.41. The molecule has 37 heavy (non-hydrogen) atoms. The van der Waals surface area contributed by atoms with E-state index in [0.717, 1.165) is 0 Å². The molecule has 0 radical (unpaired) electrons. The summed E-state index contributed by atoms with van der Waals surface area (Å²) in [6.07, 6.45) is -7.61. The fraction of sp³-hybridized carbons (Fsp3) is 0.296. The van der Waals surface area contributed by atoms with Gasteiger partial charge in [0.1, 0.15) is 40.9 Å². The van der Waals surface area contributed by atoms with Crippen LogP contribution in [0.5, 0.6) is 5.75 Å². The lowest BCUT2D eigenvalue weighted by Gasteiger charge is -2.42. The van der Waals surface area contributed by atoms with Crippen molar-refractivity contribution in [2.45, 2.75) is 37.6 Å². The van der Waals surface area contributed by atoms with Crippen molar-refractivity contribution in [3.63, 3.8) is 0 Å². The van der Waals surface area contributed by atoms with Gasteiger partial charge < -0.3 is 34.5 Å². The molecule has 10 heteroatoms. The van der Waals surface area contributed by atoms with Crippen LogP contribution in [-0.4, -0.2) is 68.9 Å². The monoisotopic (exact) mass is 522 g/mol. The van der Waals surface area contributed by atoms with E-state index in [1.807, 2.05) is 0 Å². The maximum Gasteiger partial charge on any atom is 0.164 e. The van der Waals surface area contributed by atoms with Crippen LogP contribution in [0.15, 0.2) is 54.6 Å². The molecule has 0 aliphatic carbocycles. The van der Waals surface area contributed by atoms with Gasteiger partial charge in [-0.05, 0) is 30.2 Å². The molecule has 0 amide bonds. The summed E-state index contributed by atoms with van der Waals surface area (Å²) in [4.78, 5) is 13.3. The van der Waals surface area contributed by atoms with Crippen molar-refractivity contribution in [1.29, 1.82) is 5.26 Å². The molecule has 5 atom stereocenters. The number of rotatable bonds is 6. The average Bonchev–Trinajstić information content (AvgIpc) is 2.92. The highest BCUT2D eigenvalue weighted by atomic mass is 32.1. The summed E-state index contributed by atoms with van der Waals surface area (Å²) >= 11 is 5.74. The highest BCUT2D eigenvalue weighted by molar-refractivity contribution is 7.71. The predicted molar refractivity (Wildman–Crippen MR) is 136 cm³/mol. The second-order valence-corrected chi connectivity index (χ2v) is 9.02. The van der Waals surface area contributed by atoms with Crippen molar-refractivity contribution in [2.75, 3.05) is 13.7 Å². The van der Waals surface area contributed by atoms with Gasteiger partial charge in [0.25, 0.3) is 0 Å². The van der Waals surface area contributed by atoms with E-state index >= 15 is 0 Å². The van der Waals surface area contributed by atoms with Gasteiger partial charge in [0, 0.05) is 5.56 Å². The summed E-state index contributed by atoms with van der Waals surface area (Å²) in [7, 11) is 1.53. The van der Waals surface area contributed by atoms with Crippen LogP contribution in [0.25, 0.3) is 22.4 Å². The Hall–Kier alpha value is -3.43. The standard InChI is InChI=1S/C27H26N2O7S/c1-14(31)20-21(15-8-10-17(35-2)11-9-15)18(12-28)27(37)29(22(20)16-6-4-3-5-7-16)26-25(34)24(33)23(32)19(13-30)36-26/h3-11,19,23-26,30,32-34H,13H2,1-2H3/t19-,23+,24+,25+,26-/m0/s1. The third-order valence-corrected chi connectivity index (χ3v) is 6.82. The highest BCUT2D eigenvalue weighted by Gasteiger charge is 2.45. The van der Waals surface area contributed by atoms with E-state index in [-0.39, 0.29) is 27.2 Å². The molecular weight excluding hydrogens is 496 g/mol. The van der Waals surface area contributed by atoms with Crippen LogP contribution in [0.2, 0.25) is 0 Å². The van der Waals surface area contributed by atoms with Crippen LogP contribution >= 0.6 is 12.2 Å². The zero-order valence-corrected chi connectivity index (χ0v) is 20.9. The topological polar surface area (TPSA) is 145 Å². The van der Waals surface area contributed by atoms with Crippen molar-refractivity contribution in [3.8, 4) is 34.2 Å². The number of pyridine rings is 1. The summed E-state index contributed by atoms with van der Waals surface area (Å²) in [6.45, 7) is 0.709. The van der Waals surface area contributed by atoms with E-state index in [1.165, 1.54) is 18.6 Å². The number of hydrogen-bond donors (Lipinski definition) is 4. The molecule has 0 saturated carbocycles. The lowest BCUT2D eigenvalue weighted by molar-refractivity contribution is -0.251. The summed E-state index contributed by atoms with van der Waals surface area (Å²) in [5, 5.41) is 51.7. The third kappa shape index (κ3) is 4.69. The summed E-state index contributed by atoms with van der Waals surface area (Å²) in [6, 6.07) is 17.7. The molecule has 0 unspecified atom stereocenters. The number of aliphatic hydroxyl groups excluding tert-OH is 4. The van der Waals surface area contributed by atoms with Crippen molar-refractivity contribution < 1.29 is 34.7 Å². The van der Waals surface area contributed by atoms with Gasteiger partial charge in [-0.1, -0.05) is 54.7 Å². The first kappa shape index (κ1) is 26.6. The number of benzene rings is 2. The lowest BCUT2D eigenvalue weighted by Crippen LogP contribution is -2.56. The fourth-order valence-electron chi connectivity index (χ4n) is 4.60.